The number of unbranched alkanes of at least 4 members (excludes halogenated alkanes) is 4. The molecule has 0 heteroatoms. The van der Waals surface area contributed by atoms with E-state index in [1.165, 1.54) is 51.4 Å². The lowest BCUT2D eigenvalue weighted by Crippen LogP contribution is -2.25. The first-order chi connectivity index (χ1) is 9.79. The van der Waals surface area contributed by atoms with E-state index in [0.717, 1.165) is 23.7 Å². The van der Waals surface area contributed by atoms with Gasteiger partial charge in [-0.15, -0.1) is 0 Å². The molecule has 0 nitrogen and oxygen atoms in total. The van der Waals surface area contributed by atoms with Crippen LogP contribution >= 0.6 is 0 Å². The summed E-state index contributed by atoms with van der Waals surface area (Å²) in [7, 11) is 0. The average Bonchev–Trinajstić information content (AvgIpc) is 2.49. The molecular formula is C20H38. The Balaban J connectivity index is 1.55. The Morgan fingerprint density at radius 3 is 1.80 bits per heavy atom. The van der Waals surface area contributed by atoms with Gasteiger partial charge in [0.1, 0.15) is 0 Å². The normalized spacial score (nSPS) is 35.1. The van der Waals surface area contributed by atoms with Crippen LogP contribution in [0.25, 0.3) is 0 Å². The van der Waals surface area contributed by atoms with E-state index in [-0.39, 0.29) is 0 Å². The van der Waals surface area contributed by atoms with Gasteiger partial charge in [-0.05, 0) is 49.4 Å². The van der Waals surface area contributed by atoms with Crippen LogP contribution in [-0.4, -0.2) is 0 Å². The molecule has 0 atom stereocenters. The molecule has 2 aliphatic carbocycles. The van der Waals surface area contributed by atoms with E-state index in [2.05, 4.69) is 13.8 Å². The van der Waals surface area contributed by atoms with Crippen molar-refractivity contribution in [1.82, 2.24) is 0 Å². The molecule has 0 radical (unpaired) electrons. The summed E-state index contributed by atoms with van der Waals surface area (Å²) in [4.78, 5) is 0. The maximum atomic E-state index is 2.45. The highest BCUT2D eigenvalue weighted by molar-refractivity contribution is 4.81. The van der Waals surface area contributed by atoms with Crippen molar-refractivity contribution < 1.29 is 0 Å². The van der Waals surface area contributed by atoms with Crippen LogP contribution in [-0.2, 0) is 0 Å². The summed E-state index contributed by atoms with van der Waals surface area (Å²) in [6.07, 6.45) is 21.2. The van der Waals surface area contributed by atoms with E-state index < -0.39 is 0 Å². The first kappa shape index (κ1) is 16.4. The summed E-state index contributed by atoms with van der Waals surface area (Å²) in [5.74, 6) is 4.33. The molecule has 0 amide bonds. The first-order valence-corrected chi connectivity index (χ1v) is 9.79. The molecule has 0 spiro atoms. The van der Waals surface area contributed by atoms with Crippen LogP contribution in [0.2, 0.25) is 0 Å². The van der Waals surface area contributed by atoms with E-state index in [0.29, 0.717) is 0 Å². The van der Waals surface area contributed by atoms with Crippen molar-refractivity contribution in [3.8, 4) is 0 Å². The van der Waals surface area contributed by atoms with Crippen molar-refractivity contribution in [2.45, 2.75) is 104 Å². The minimum absolute atomic E-state index is 1.02. The van der Waals surface area contributed by atoms with E-state index in [1.807, 2.05) is 0 Å². The molecule has 0 N–H and O–H groups in total. The molecule has 118 valence electrons. The van der Waals surface area contributed by atoms with Gasteiger partial charge in [-0.2, -0.15) is 0 Å². The van der Waals surface area contributed by atoms with Gasteiger partial charge >= 0.3 is 0 Å². The van der Waals surface area contributed by atoms with E-state index in [4.69, 9.17) is 0 Å². The zero-order chi connectivity index (χ0) is 14.2. The van der Waals surface area contributed by atoms with Crippen LogP contribution in [0, 0.1) is 23.7 Å². The monoisotopic (exact) mass is 278 g/mol. The predicted octanol–water partition coefficient (Wildman–Crippen LogP) is 6.98. The number of hydrogen-bond donors (Lipinski definition) is 0. The molecule has 2 saturated carbocycles. The van der Waals surface area contributed by atoms with Gasteiger partial charge in [-0.1, -0.05) is 78.1 Å². The Kier molecular flexibility index (Phi) is 7.45. The fourth-order valence-corrected chi connectivity index (χ4v) is 4.74. The minimum Gasteiger partial charge on any atom is -0.0654 e. The highest BCUT2D eigenvalue weighted by atomic mass is 14.3. The summed E-state index contributed by atoms with van der Waals surface area (Å²) in [6, 6.07) is 0. The van der Waals surface area contributed by atoms with Crippen LogP contribution in [0.15, 0.2) is 0 Å². The molecular weight excluding hydrogens is 240 g/mol. The summed E-state index contributed by atoms with van der Waals surface area (Å²) in [5.41, 5.74) is 0. The molecule has 0 heterocycles. The van der Waals surface area contributed by atoms with Crippen LogP contribution < -0.4 is 0 Å². The van der Waals surface area contributed by atoms with Gasteiger partial charge < -0.3 is 0 Å². The lowest BCUT2D eigenvalue weighted by molar-refractivity contribution is 0.146. The Morgan fingerprint density at radius 2 is 1.20 bits per heavy atom. The largest absolute Gasteiger partial charge is 0.0654 e. The quantitative estimate of drug-likeness (QED) is 0.441. The zero-order valence-electron chi connectivity index (χ0n) is 14.2. The van der Waals surface area contributed by atoms with Crippen molar-refractivity contribution in [1.29, 1.82) is 0 Å². The van der Waals surface area contributed by atoms with Crippen LogP contribution in [0.3, 0.4) is 0 Å². The van der Waals surface area contributed by atoms with Crippen molar-refractivity contribution in [3.63, 3.8) is 0 Å². The maximum absolute atomic E-state index is 2.45. The second-order valence-corrected chi connectivity index (χ2v) is 8.00. The summed E-state index contributed by atoms with van der Waals surface area (Å²) in [5, 5.41) is 0. The third-order valence-corrected chi connectivity index (χ3v) is 6.33. The molecule has 2 aliphatic rings. The maximum Gasteiger partial charge on any atom is -0.0386 e. The molecule has 20 heavy (non-hydrogen) atoms. The van der Waals surface area contributed by atoms with Gasteiger partial charge in [0.05, 0.1) is 0 Å². The van der Waals surface area contributed by atoms with Gasteiger partial charge in [0.15, 0.2) is 0 Å². The predicted molar refractivity (Wildman–Crippen MR) is 89.9 cm³/mol. The zero-order valence-corrected chi connectivity index (χ0v) is 14.2. The van der Waals surface area contributed by atoms with Gasteiger partial charge in [0.2, 0.25) is 0 Å². The van der Waals surface area contributed by atoms with Crippen molar-refractivity contribution in [3.05, 3.63) is 0 Å². The Bertz CT molecular complexity index is 228. The Labute approximate surface area is 128 Å². The molecule has 0 aromatic carbocycles. The molecule has 0 aromatic rings. The second kappa shape index (κ2) is 9.11. The van der Waals surface area contributed by atoms with Crippen LogP contribution in [0.4, 0.5) is 0 Å². The molecule has 0 bridgehead atoms. The lowest BCUT2D eigenvalue weighted by atomic mass is 9.69. The molecule has 2 fully saturated rings. The van der Waals surface area contributed by atoms with Gasteiger partial charge in [0, 0.05) is 0 Å². The van der Waals surface area contributed by atoms with Gasteiger partial charge in [0.25, 0.3) is 0 Å². The topological polar surface area (TPSA) is 0 Å². The summed E-state index contributed by atoms with van der Waals surface area (Å²) in [6.45, 7) is 4.76. The Hall–Kier alpha value is 0. The summed E-state index contributed by atoms with van der Waals surface area (Å²) < 4.78 is 0. The molecule has 0 unspecified atom stereocenters. The number of rotatable bonds is 7. The summed E-state index contributed by atoms with van der Waals surface area (Å²) >= 11 is 0. The van der Waals surface area contributed by atoms with Gasteiger partial charge in [-0.25, -0.2) is 0 Å². The van der Waals surface area contributed by atoms with Crippen molar-refractivity contribution in [2.75, 3.05) is 0 Å². The highest BCUT2D eigenvalue weighted by Crippen LogP contribution is 2.42. The minimum atomic E-state index is 1.02. The van der Waals surface area contributed by atoms with E-state index in [1.54, 1.807) is 38.5 Å². The molecule has 0 aliphatic heterocycles. The standard InChI is InChI=1S/C20H38/c1-3-4-5-6-7-8-18-11-15-20(16-12-18)19-13-9-17(2)10-14-19/h17-20H,3-16H2,1-2H3/t17-,18?,19-,20?. The van der Waals surface area contributed by atoms with E-state index >= 15 is 0 Å². The first-order valence-electron chi connectivity index (χ1n) is 9.79. The molecule has 0 saturated heterocycles. The van der Waals surface area contributed by atoms with Gasteiger partial charge in [-0.3, -0.25) is 0 Å². The fraction of sp³-hybridized carbons (Fsp3) is 1.00. The third-order valence-electron chi connectivity index (χ3n) is 6.33. The van der Waals surface area contributed by atoms with Crippen LogP contribution in [0.1, 0.15) is 104 Å². The third kappa shape index (κ3) is 5.41. The number of hydrogen-bond acceptors (Lipinski definition) is 0. The molecule has 0 aromatic heterocycles. The highest BCUT2D eigenvalue weighted by Gasteiger charge is 2.29. The lowest BCUT2D eigenvalue weighted by Gasteiger charge is -2.37. The SMILES string of the molecule is CCCCCCCC1CCC([C@H]2CC[C@H](C)CC2)CC1. The van der Waals surface area contributed by atoms with Crippen molar-refractivity contribution in [2.24, 2.45) is 23.7 Å². The Morgan fingerprint density at radius 1 is 0.650 bits per heavy atom. The fourth-order valence-electron chi connectivity index (χ4n) is 4.74. The molecule has 2 rings (SSSR count). The smallest absolute Gasteiger partial charge is 0.0386 e. The van der Waals surface area contributed by atoms with Crippen LogP contribution in [0.5, 0.6) is 0 Å². The second-order valence-electron chi connectivity index (χ2n) is 8.00. The van der Waals surface area contributed by atoms with Crippen molar-refractivity contribution >= 4 is 0 Å². The average molecular weight is 279 g/mol. The van der Waals surface area contributed by atoms with E-state index in [9.17, 15) is 0 Å².